The van der Waals surface area contributed by atoms with Crippen LogP contribution in [0, 0.1) is 11.7 Å². The molecule has 0 saturated heterocycles. The number of carbonyl (C=O) groups is 2. The average Bonchev–Trinajstić information content (AvgIpc) is 2.43. The predicted molar refractivity (Wildman–Crippen MR) is 83.7 cm³/mol. The molecule has 0 saturated carbocycles. The van der Waals surface area contributed by atoms with E-state index in [1.165, 1.54) is 4.90 Å². The van der Waals surface area contributed by atoms with E-state index in [4.69, 9.17) is 5.73 Å². The van der Waals surface area contributed by atoms with E-state index in [9.17, 15) is 27.2 Å². The van der Waals surface area contributed by atoms with Crippen LogP contribution in [0.4, 0.5) is 17.6 Å². The van der Waals surface area contributed by atoms with E-state index < -0.39 is 35.9 Å². The Labute approximate surface area is 143 Å². The molecular weight excluding hydrogens is 342 g/mol. The molecule has 0 unspecified atom stereocenters. The highest BCUT2D eigenvalue weighted by Gasteiger charge is 2.33. The Kier molecular flexibility index (Phi) is 7.35. The molecule has 1 rings (SSSR count). The lowest BCUT2D eigenvalue weighted by Gasteiger charge is -2.22. The quantitative estimate of drug-likeness (QED) is 0.693. The minimum Gasteiger partial charge on any atom is -0.369 e. The van der Waals surface area contributed by atoms with Gasteiger partial charge in [-0.15, -0.1) is 0 Å². The molecule has 0 aliphatic heterocycles. The smallest absolute Gasteiger partial charge is 0.369 e. The van der Waals surface area contributed by atoms with Gasteiger partial charge >= 0.3 is 6.18 Å². The molecule has 9 heteroatoms. The highest BCUT2D eigenvalue weighted by molar-refractivity contribution is 5.80. The van der Waals surface area contributed by atoms with E-state index in [1.807, 2.05) is 13.8 Å². The van der Waals surface area contributed by atoms with Crippen molar-refractivity contribution in [1.29, 1.82) is 0 Å². The van der Waals surface area contributed by atoms with Gasteiger partial charge in [-0.2, -0.15) is 13.2 Å². The summed E-state index contributed by atoms with van der Waals surface area (Å²) in [5, 5.41) is 2.35. The molecule has 140 valence electrons. The first-order chi connectivity index (χ1) is 11.5. The van der Waals surface area contributed by atoms with E-state index in [2.05, 4.69) is 5.32 Å². The number of nitrogens with zero attached hydrogens (tertiary/aromatic N) is 1. The van der Waals surface area contributed by atoms with Gasteiger partial charge in [0.1, 0.15) is 5.82 Å². The van der Waals surface area contributed by atoms with Crippen LogP contribution in [0.2, 0.25) is 0 Å². The van der Waals surface area contributed by atoms with E-state index in [0.717, 1.165) is 12.1 Å². The van der Waals surface area contributed by atoms with Crippen molar-refractivity contribution in [2.24, 2.45) is 11.7 Å². The standard InChI is InChI=1S/C16H21F4N3O2/c1-10(2)7-23(8-14(21)24)9-15(25)22-6-11-3-4-12(17)5-13(11)16(18,19)20/h3-5,10H,6-9H2,1-2H3,(H2,21,24)(H,22,25). The van der Waals surface area contributed by atoms with Gasteiger partial charge in [0.05, 0.1) is 18.7 Å². The third kappa shape index (κ3) is 7.51. The first-order valence-electron chi connectivity index (χ1n) is 7.62. The number of alkyl halides is 3. The summed E-state index contributed by atoms with van der Waals surface area (Å²) >= 11 is 0. The van der Waals surface area contributed by atoms with Crippen molar-refractivity contribution in [3.8, 4) is 0 Å². The summed E-state index contributed by atoms with van der Waals surface area (Å²) in [6, 6.07) is 2.27. The maximum Gasteiger partial charge on any atom is 0.416 e. The molecule has 0 aliphatic carbocycles. The van der Waals surface area contributed by atoms with E-state index in [1.54, 1.807) is 0 Å². The number of halogens is 4. The zero-order valence-corrected chi connectivity index (χ0v) is 14.0. The van der Waals surface area contributed by atoms with Crippen LogP contribution in [-0.2, 0) is 22.3 Å². The van der Waals surface area contributed by atoms with Gasteiger partial charge in [0.2, 0.25) is 11.8 Å². The fourth-order valence-electron chi connectivity index (χ4n) is 2.34. The molecule has 0 atom stereocenters. The highest BCUT2D eigenvalue weighted by atomic mass is 19.4. The van der Waals surface area contributed by atoms with Crippen LogP contribution in [0.15, 0.2) is 18.2 Å². The molecule has 0 bridgehead atoms. The van der Waals surface area contributed by atoms with Crippen molar-refractivity contribution in [1.82, 2.24) is 10.2 Å². The molecule has 0 aliphatic rings. The van der Waals surface area contributed by atoms with Crippen molar-refractivity contribution >= 4 is 11.8 Å². The van der Waals surface area contributed by atoms with Gasteiger partial charge in [0, 0.05) is 13.1 Å². The third-order valence-electron chi connectivity index (χ3n) is 3.22. The molecule has 0 fully saturated rings. The minimum absolute atomic E-state index is 0.129. The monoisotopic (exact) mass is 363 g/mol. The van der Waals surface area contributed by atoms with Crippen molar-refractivity contribution in [2.75, 3.05) is 19.6 Å². The Bertz CT molecular complexity index is 618. The van der Waals surface area contributed by atoms with E-state index in [-0.39, 0.29) is 24.6 Å². The summed E-state index contributed by atoms with van der Waals surface area (Å²) in [7, 11) is 0. The van der Waals surface area contributed by atoms with Crippen LogP contribution in [0.25, 0.3) is 0 Å². The lowest BCUT2D eigenvalue weighted by atomic mass is 10.1. The van der Waals surface area contributed by atoms with Gasteiger partial charge in [-0.1, -0.05) is 19.9 Å². The van der Waals surface area contributed by atoms with Crippen molar-refractivity contribution in [3.63, 3.8) is 0 Å². The molecule has 1 aromatic rings. The number of nitrogens with one attached hydrogen (secondary N) is 1. The van der Waals surface area contributed by atoms with Crippen LogP contribution < -0.4 is 11.1 Å². The van der Waals surface area contributed by atoms with Gasteiger partial charge in [-0.3, -0.25) is 14.5 Å². The van der Waals surface area contributed by atoms with Gasteiger partial charge in [-0.25, -0.2) is 4.39 Å². The van der Waals surface area contributed by atoms with Crippen molar-refractivity contribution < 1.29 is 27.2 Å². The van der Waals surface area contributed by atoms with Crippen LogP contribution in [0.1, 0.15) is 25.0 Å². The molecule has 5 nitrogen and oxygen atoms in total. The number of nitrogens with two attached hydrogens (primary N) is 1. The molecule has 25 heavy (non-hydrogen) atoms. The Morgan fingerprint density at radius 3 is 2.40 bits per heavy atom. The summed E-state index contributed by atoms with van der Waals surface area (Å²) in [4.78, 5) is 24.5. The lowest BCUT2D eigenvalue weighted by Crippen LogP contribution is -2.43. The highest BCUT2D eigenvalue weighted by Crippen LogP contribution is 2.32. The normalized spacial score (nSPS) is 11.8. The second-order valence-corrected chi connectivity index (χ2v) is 6.11. The van der Waals surface area contributed by atoms with Gasteiger partial charge in [0.15, 0.2) is 0 Å². The number of carbonyl (C=O) groups excluding carboxylic acids is 2. The molecule has 0 radical (unpaired) electrons. The number of hydrogen-bond donors (Lipinski definition) is 2. The maximum absolute atomic E-state index is 13.1. The van der Waals surface area contributed by atoms with Crippen LogP contribution in [-0.4, -0.2) is 36.3 Å². The van der Waals surface area contributed by atoms with Crippen molar-refractivity contribution in [3.05, 3.63) is 35.1 Å². The van der Waals surface area contributed by atoms with Crippen LogP contribution in [0.3, 0.4) is 0 Å². The molecule has 0 spiro atoms. The predicted octanol–water partition coefficient (Wildman–Crippen LogP) is 1.90. The minimum atomic E-state index is -4.72. The molecule has 0 aromatic heterocycles. The van der Waals surface area contributed by atoms with Crippen molar-refractivity contribution in [2.45, 2.75) is 26.6 Å². The van der Waals surface area contributed by atoms with Gasteiger partial charge in [0.25, 0.3) is 0 Å². The molecule has 0 heterocycles. The zero-order chi connectivity index (χ0) is 19.2. The number of amides is 2. The fourth-order valence-corrected chi connectivity index (χ4v) is 2.34. The topological polar surface area (TPSA) is 75.4 Å². The fraction of sp³-hybridized carbons (Fsp3) is 0.500. The summed E-state index contributed by atoms with van der Waals surface area (Å²) in [6.07, 6.45) is -4.72. The molecular formula is C16H21F4N3O2. The summed E-state index contributed by atoms with van der Waals surface area (Å²) in [5.41, 5.74) is 3.74. The Morgan fingerprint density at radius 2 is 1.88 bits per heavy atom. The summed E-state index contributed by atoms with van der Waals surface area (Å²) in [5.74, 6) is -2.00. The Hall–Kier alpha value is -2.16. The molecule has 1 aromatic carbocycles. The van der Waals surface area contributed by atoms with E-state index in [0.29, 0.717) is 12.6 Å². The zero-order valence-electron chi connectivity index (χ0n) is 14.0. The summed E-state index contributed by atoms with van der Waals surface area (Å²) in [6.45, 7) is 3.50. The third-order valence-corrected chi connectivity index (χ3v) is 3.22. The number of primary amides is 1. The van der Waals surface area contributed by atoms with Crippen LogP contribution >= 0.6 is 0 Å². The Balaban J connectivity index is 2.74. The number of benzene rings is 1. The lowest BCUT2D eigenvalue weighted by molar-refractivity contribution is -0.138. The SMILES string of the molecule is CC(C)CN(CC(N)=O)CC(=O)NCc1ccc(F)cc1C(F)(F)F. The van der Waals surface area contributed by atoms with Gasteiger partial charge < -0.3 is 11.1 Å². The average molecular weight is 363 g/mol. The first-order valence-corrected chi connectivity index (χ1v) is 7.62. The van der Waals surface area contributed by atoms with E-state index >= 15 is 0 Å². The molecule has 2 amide bonds. The number of rotatable bonds is 8. The molecule has 3 N–H and O–H groups in total. The van der Waals surface area contributed by atoms with Gasteiger partial charge in [-0.05, 0) is 23.6 Å². The largest absolute Gasteiger partial charge is 0.416 e. The Morgan fingerprint density at radius 1 is 1.24 bits per heavy atom. The first kappa shape index (κ1) is 20.9. The number of hydrogen-bond acceptors (Lipinski definition) is 3. The second-order valence-electron chi connectivity index (χ2n) is 6.11. The maximum atomic E-state index is 13.1. The summed E-state index contributed by atoms with van der Waals surface area (Å²) < 4.78 is 51.8. The van der Waals surface area contributed by atoms with Crippen LogP contribution in [0.5, 0.6) is 0 Å². The second kappa shape index (κ2) is 8.80.